The Kier molecular flexibility index (Phi) is 5.55. The summed E-state index contributed by atoms with van der Waals surface area (Å²) in [6, 6.07) is 8.51. The Morgan fingerprint density at radius 1 is 1.27 bits per heavy atom. The van der Waals surface area contributed by atoms with E-state index in [0.29, 0.717) is 37.8 Å². The highest BCUT2D eigenvalue weighted by Gasteiger charge is 2.69. The molecule has 2 amide bonds. The molecule has 0 radical (unpaired) electrons. The number of hydrogen-bond donors (Lipinski definition) is 1. The van der Waals surface area contributed by atoms with E-state index in [0.717, 1.165) is 23.9 Å². The molecule has 1 aromatic heterocycles. The third-order valence-electron chi connectivity index (χ3n) is 7.69. The van der Waals surface area contributed by atoms with Gasteiger partial charge >= 0.3 is 0 Å². The van der Waals surface area contributed by atoms with Gasteiger partial charge in [-0.05, 0) is 22.6 Å². The van der Waals surface area contributed by atoms with E-state index in [9.17, 15) is 14.9 Å². The number of benzene rings is 1. The first-order valence-electron chi connectivity index (χ1n) is 11.5. The third kappa shape index (κ3) is 3.85. The second-order valence-corrected chi connectivity index (χ2v) is 9.85. The molecule has 3 fully saturated rings. The van der Waals surface area contributed by atoms with E-state index < -0.39 is 12.1 Å². The van der Waals surface area contributed by atoms with E-state index in [1.807, 2.05) is 24.3 Å². The van der Waals surface area contributed by atoms with Crippen molar-refractivity contribution in [3.05, 3.63) is 42.2 Å². The lowest BCUT2D eigenvalue weighted by molar-refractivity contribution is -0.142. The number of fused-ring (bicyclic) bond motifs is 2. The van der Waals surface area contributed by atoms with Crippen LogP contribution in [0, 0.1) is 28.6 Å². The molecule has 3 aliphatic rings. The van der Waals surface area contributed by atoms with Gasteiger partial charge in [-0.3, -0.25) is 19.5 Å². The number of hydrogen-bond acceptors (Lipinski definition) is 6. The van der Waals surface area contributed by atoms with Crippen LogP contribution in [-0.4, -0.2) is 72.0 Å². The molecule has 4 atom stereocenters. The van der Waals surface area contributed by atoms with Gasteiger partial charge in [0.25, 0.3) is 0 Å². The number of piperidine rings is 1. The van der Waals surface area contributed by atoms with E-state index in [4.69, 9.17) is 4.74 Å². The van der Waals surface area contributed by atoms with Crippen LogP contribution in [0.3, 0.4) is 0 Å². The summed E-state index contributed by atoms with van der Waals surface area (Å²) >= 11 is 0. The number of nitriles is 1. The number of likely N-dealkylation sites (tertiary alicyclic amines) is 1. The van der Waals surface area contributed by atoms with Crippen LogP contribution < -0.4 is 5.32 Å². The molecule has 2 aromatic rings. The van der Waals surface area contributed by atoms with E-state index in [1.54, 1.807) is 17.3 Å². The molecular weight excluding hydrogens is 418 g/mol. The molecule has 1 saturated carbocycles. The molecule has 2 saturated heterocycles. The van der Waals surface area contributed by atoms with Gasteiger partial charge in [0.1, 0.15) is 12.1 Å². The van der Waals surface area contributed by atoms with E-state index in [1.165, 1.54) is 0 Å². The van der Waals surface area contributed by atoms with E-state index in [-0.39, 0.29) is 23.1 Å². The molecule has 8 nitrogen and oxygen atoms in total. The Balaban J connectivity index is 1.36. The largest absolute Gasteiger partial charge is 0.379 e. The molecule has 172 valence electrons. The van der Waals surface area contributed by atoms with Gasteiger partial charge in [-0.25, -0.2) is 0 Å². The Bertz CT molecular complexity index is 1120. The van der Waals surface area contributed by atoms with Gasteiger partial charge in [0.05, 0.1) is 25.8 Å². The summed E-state index contributed by atoms with van der Waals surface area (Å²) in [4.78, 5) is 34.8. The molecule has 8 heteroatoms. The van der Waals surface area contributed by atoms with Crippen molar-refractivity contribution in [1.29, 1.82) is 5.26 Å². The number of nitrogens with zero attached hydrogens (tertiary/aromatic N) is 4. The SMILES string of the molecule is CC1(C)[C@@H]2[C@@H](C(=O)NC(C#N)c3cncc4ccccc34)N(C(=O)CN3CCOCC3)C[C@@H]21. The highest BCUT2D eigenvalue weighted by Crippen LogP contribution is 2.64. The number of rotatable bonds is 5. The Hall–Kier alpha value is -3.02. The van der Waals surface area contributed by atoms with Crippen molar-refractivity contribution < 1.29 is 14.3 Å². The summed E-state index contributed by atoms with van der Waals surface area (Å²) in [5.74, 6) is 0.126. The maximum atomic E-state index is 13.5. The molecule has 2 aliphatic heterocycles. The Morgan fingerprint density at radius 3 is 2.79 bits per heavy atom. The van der Waals surface area contributed by atoms with E-state index >= 15 is 0 Å². The lowest BCUT2D eigenvalue weighted by Gasteiger charge is -2.33. The zero-order valence-corrected chi connectivity index (χ0v) is 19.0. The van der Waals surface area contributed by atoms with Gasteiger partial charge in [-0.1, -0.05) is 38.1 Å². The zero-order chi connectivity index (χ0) is 23.2. The zero-order valence-electron chi connectivity index (χ0n) is 19.0. The fraction of sp³-hybridized carbons (Fsp3) is 0.520. The van der Waals surface area contributed by atoms with Crippen molar-refractivity contribution in [1.82, 2.24) is 20.1 Å². The standard InChI is InChI=1S/C25H29N5O3/c1-25(2)19-14-30(21(31)15-29-7-9-33-10-8-29)23(22(19)25)24(32)28-20(11-26)18-13-27-12-16-5-3-4-6-17(16)18/h3-6,12-13,19-20,22-23H,7-10,14-15H2,1-2H3,(H,28,32)/t19-,20?,22-,23-/m0/s1. The van der Waals surface area contributed by atoms with Crippen molar-refractivity contribution in [3.63, 3.8) is 0 Å². The van der Waals surface area contributed by atoms with Crippen molar-refractivity contribution in [2.45, 2.75) is 25.9 Å². The first-order valence-corrected chi connectivity index (χ1v) is 11.5. The second kappa shape index (κ2) is 8.40. The quantitative estimate of drug-likeness (QED) is 0.750. The highest BCUT2D eigenvalue weighted by atomic mass is 16.5. The smallest absolute Gasteiger partial charge is 0.244 e. The minimum atomic E-state index is -0.840. The van der Waals surface area contributed by atoms with Crippen molar-refractivity contribution >= 4 is 22.6 Å². The Labute approximate surface area is 193 Å². The maximum absolute atomic E-state index is 13.5. The first kappa shape index (κ1) is 21.8. The Morgan fingerprint density at radius 2 is 2.03 bits per heavy atom. The summed E-state index contributed by atoms with van der Waals surface area (Å²) in [7, 11) is 0. The average Bonchev–Trinajstić information content (AvgIpc) is 3.16. The average molecular weight is 448 g/mol. The fourth-order valence-electron chi connectivity index (χ4n) is 5.66. The number of ether oxygens (including phenoxy) is 1. The number of aromatic nitrogens is 1. The molecule has 33 heavy (non-hydrogen) atoms. The normalized spacial score (nSPS) is 26.9. The molecule has 1 aliphatic carbocycles. The lowest BCUT2D eigenvalue weighted by Crippen LogP contribution is -2.53. The summed E-state index contributed by atoms with van der Waals surface area (Å²) in [5.41, 5.74) is 0.681. The van der Waals surface area contributed by atoms with Crippen LogP contribution in [0.25, 0.3) is 10.8 Å². The van der Waals surface area contributed by atoms with Crippen LogP contribution in [0.2, 0.25) is 0 Å². The van der Waals surface area contributed by atoms with Gasteiger partial charge in [0.15, 0.2) is 0 Å². The minimum absolute atomic E-state index is 0.0148. The van der Waals surface area contributed by atoms with Crippen LogP contribution in [0.5, 0.6) is 0 Å². The summed E-state index contributed by atoms with van der Waals surface area (Å²) in [6.45, 7) is 7.88. The van der Waals surface area contributed by atoms with Gasteiger partial charge in [0, 0.05) is 43.0 Å². The van der Waals surface area contributed by atoms with Crippen LogP contribution in [0.1, 0.15) is 25.5 Å². The molecule has 1 aromatic carbocycles. The number of carbonyl (C=O) groups excluding carboxylic acids is 2. The van der Waals surface area contributed by atoms with Crippen molar-refractivity contribution in [3.8, 4) is 6.07 Å². The van der Waals surface area contributed by atoms with Crippen molar-refractivity contribution in [2.75, 3.05) is 39.4 Å². The van der Waals surface area contributed by atoms with Crippen LogP contribution >= 0.6 is 0 Å². The lowest BCUT2D eigenvalue weighted by atomic mass is 9.98. The first-order chi connectivity index (χ1) is 15.9. The monoisotopic (exact) mass is 447 g/mol. The van der Waals surface area contributed by atoms with Crippen LogP contribution in [-0.2, 0) is 14.3 Å². The molecule has 5 rings (SSSR count). The molecule has 3 heterocycles. The number of carbonyl (C=O) groups is 2. The van der Waals surface area contributed by atoms with Crippen molar-refractivity contribution in [2.24, 2.45) is 17.3 Å². The fourth-order valence-corrected chi connectivity index (χ4v) is 5.66. The molecule has 1 N–H and O–H groups in total. The predicted octanol–water partition coefficient (Wildman–Crippen LogP) is 1.73. The topological polar surface area (TPSA) is 98.6 Å². The minimum Gasteiger partial charge on any atom is -0.379 e. The molecular formula is C25H29N5O3. The van der Waals surface area contributed by atoms with E-state index in [2.05, 4.69) is 35.1 Å². The summed E-state index contributed by atoms with van der Waals surface area (Å²) < 4.78 is 5.38. The predicted molar refractivity (Wildman–Crippen MR) is 122 cm³/mol. The number of nitrogens with one attached hydrogen (secondary N) is 1. The number of pyridine rings is 1. The molecule has 1 unspecified atom stereocenters. The number of morpholine rings is 1. The van der Waals surface area contributed by atoms with Crippen LogP contribution in [0.15, 0.2) is 36.7 Å². The van der Waals surface area contributed by atoms with Gasteiger partial charge in [-0.15, -0.1) is 0 Å². The summed E-state index contributed by atoms with van der Waals surface area (Å²) in [5, 5.41) is 14.6. The third-order valence-corrected chi connectivity index (χ3v) is 7.69. The molecule has 0 spiro atoms. The maximum Gasteiger partial charge on any atom is 0.244 e. The van der Waals surface area contributed by atoms with Gasteiger partial charge in [0.2, 0.25) is 11.8 Å². The van der Waals surface area contributed by atoms with Gasteiger partial charge < -0.3 is 15.0 Å². The molecule has 0 bridgehead atoms. The second-order valence-electron chi connectivity index (χ2n) is 9.85. The number of amides is 2. The summed E-state index contributed by atoms with van der Waals surface area (Å²) in [6.07, 6.45) is 3.38. The van der Waals surface area contributed by atoms with Crippen LogP contribution in [0.4, 0.5) is 0 Å². The highest BCUT2D eigenvalue weighted by molar-refractivity contribution is 5.91. The van der Waals surface area contributed by atoms with Gasteiger partial charge in [-0.2, -0.15) is 5.26 Å².